The Morgan fingerprint density at radius 2 is 2.03 bits per heavy atom. The van der Waals surface area contributed by atoms with Gasteiger partial charge in [0.1, 0.15) is 17.3 Å². The molecule has 0 amide bonds. The van der Waals surface area contributed by atoms with E-state index < -0.39 is 9.84 Å². The largest absolute Gasteiger partial charge is 0.487 e. The summed E-state index contributed by atoms with van der Waals surface area (Å²) in [6.45, 7) is 2.91. The van der Waals surface area contributed by atoms with Crippen LogP contribution in [0.2, 0.25) is 0 Å². The molecular formula is C22H26N4O3S. The highest BCUT2D eigenvalue weighted by Gasteiger charge is 2.28. The Hall–Kier alpha value is -2.71. The van der Waals surface area contributed by atoms with Crippen LogP contribution in [-0.2, 0) is 23.0 Å². The van der Waals surface area contributed by atoms with Crippen molar-refractivity contribution >= 4 is 9.84 Å². The minimum atomic E-state index is -3.29. The maximum Gasteiger partial charge on any atom is 0.178 e. The standard InChI is InChI=1S/C22H26N4O3S/c1-30(27,28)21-13-24-25-22(21)18-8-6-12-26(15-18)14-17-7-2-3-10-20(17)29-16-19-9-4-5-11-23-19/h2-5,7,9-11,13,18H,6,8,12,14-16H2,1H3,(H,24,25)/t18-/m1/s1. The minimum Gasteiger partial charge on any atom is -0.487 e. The summed E-state index contributed by atoms with van der Waals surface area (Å²) in [6.07, 6.45) is 6.36. The number of likely N-dealkylation sites (tertiary alicyclic amines) is 1. The van der Waals surface area contributed by atoms with Gasteiger partial charge in [-0.3, -0.25) is 15.0 Å². The van der Waals surface area contributed by atoms with Crippen molar-refractivity contribution in [1.82, 2.24) is 20.1 Å². The number of hydrogen-bond donors (Lipinski definition) is 1. The monoisotopic (exact) mass is 426 g/mol. The van der Waals surface area contributed by atoms with Gasteiger partial charge in [-0.05, 0) is 37.6 Å². The van der Waals surface area contributed by atoms with Gasteiger partial charge >= 0.3 is 0 Å². The van der Waals surface area contributed by atoms with E-state index in [4.69, 9.17) is 4.74 Å². The van der Waals surface area contributed by atoms with Gasteiger partial charge in [-0.25, -0.2) is 8.42 Å². The van der Waals surface area contributed by atoms with Crippen LogP contribution in [0.5, 0.6) is 5.75 Å². The number of aromatic nitrogens is 3. The van der Waals surface area contributed by atoms with Gasteiger partial charge < -0.3 is 4.74 Å². The number of para-hydroxylation sites is 1. The molecule has 2 aromatic heterocycles. The second kappa shape index (κ2) is 8.97. The maximum absolute atomic E-state index is 12.1. The number of pyridine rings is 1. The number of rotatable bonds is 7. The first-order valence-corrected chi connectivity index (χ1v) is 12.0. The Morgan fingerprint density at radius 1 is 1.20 bits per heavy atom. The van der Waals surface area contributed by atoms with Gasteiger partial charge in [-0.15, -0.1) is 0 Å². The lowest BCUT2D eigenvalue weighted by molar-refractivity contribution is 0.193. The Kier molecular flexibility index (Phi) is 6.15. The molecule has 3 heterocycles. The number of nitrogens with zero attached hydrogens (tertiary/aromatic N) is 3. The summed E-state index contributed by atoms with van der Waals surface area (Å²) in [5.41, 5.74) is 2.72. The number of piperidine rings is 1. The van der Waals surface area contributed by atoms with Gasteiger partial charge in [0, 0.05) is 37.0 Å². The molecule has 1 aliphatic heterocycles. The lowest BCUT2D eigenvalue weighted by Crippen LogP contribution is -2.34. The molecule has 1 atom stereocenters. The predicted octanol–water partition coefficient (Wildman–Crippen LogP) is 3.17. The van der Waals surface area contributed by atoms with E-state index in [0.29, 0.717) is 11.5 Å². The molecule has 0 radical (unpaired) electrons. The van der Waals surface area contributed by atoms with E-state index in [2.05, 4.69) is 26.1 Å². The molecule has 8 heteroatoms. The first kappa shape index (κ1) is 20.6. The SMILES string of the molecule is CS(=O)(=O)c1cn[nH]c1[C@@H]1CCCN(Cc2ccccc2OCc2ccccn2)C1. The summed E-state index contributed by atoms with van der Waals surface area (Å²) < 4.78 is 30.2. The third-order valence-corrected chi connectivity index (χ3v) is 6.54. The summed E-state index contributed by atoms with van der Waals surface area (Å²) in [6, 6.07) is 13.8. The zero-order valence-electron chi connectivity index (χ0n) is 17.0. The average Bonchev–Trinajstić information content (AvgIpc) is 3.25. The molecule has 1 fully saturated rings. The normalized spacial score (nSPS) is 17.7. The van der Waals surface area contributed by atoms with Crippen LogP contribution in [0, 0.1) is 0 Å². The van der Waals surface area contributed by atoms with E-state index in [1.54, 1.807) is 6.20 Å². The van der Waals surface area contributed by atoms with E-state index >= 15 is 0 Å². The summed E-state index contributed by atoms with van der Waals surface area (Å²) >= 11 is 0. The zero-order chi connectivity index (χ0) is 21.0. The van der Waals surface area contributed by atoms with Crippen LogP contribution in [0.15, 0.2) is 59.8 Å². The first-order valence-electron chi connectivity index (χ1n) is 10.1. The molecule has 0 unspecified atom stereocenters. The molecule has 1 aliphatic rings. The second-order valence-corrected chi connectivity index (χ2v) is 9.70. The Bertz CT molecular complexity index is 1080. The van der Waals surface area contributed by atoms with Crippen molar-refractivity contribution < 1.29 is 13.2 Å². The van der Waals surface area contributed by atoms with Crippen LogP contribution in [0.1, 0.15) is 35.7 Å². The van der Waals surface area contributed by atoms with Crippen LogP contribution in [0.25, 0.3) is 0 Å². The zero-order valence-corrected chi connectivity index (χ0v) is 17.8. The van der Waals surface area contributed by atoms with Crippen LogP contribution < -0.4 is 4.74 Å². The van der Waals surface area contributed by atoms with Gasteiger partial charge in [0.2, 0.25) is 0 Å². The molecule has 1 saturated heterocycles. The summed E-state index contributed by atoms with van der Waals surface area (Å²) in [5.74, 6) is 0.969. The van der Waals surface area contributed by atoms with Crippen LogP contribution in [0.4, 0.5) is 0 Å². The minimum absolute atomic E-state index is 0.118. The van der Waals surface area contributed by atoms with E-state index in [-0.39, 0.29) is 5.92 Å². The fraction of sp³-hybridized carbons (Fsp3) is 0.364. The van der Waals surface area contributed by atoms with E-state index in [9.17, 15) is 8.42 Å². The maximum atomic E-state index is 12.1. The fourth-order valence-corrected chi connectivity index (χ4v) is 4.82. The van der Waals surface area contributed by atoms with Crippen molar-refractivity contribution in [3.05, 3.63) is 71.8 Å². The first-order chi connectivity index (χ1) is 14.5. The van der Waals surface area contributed by atoms with Crippen molar-refractivity contribution in [3.63, 3.8) is 0 Å². The van der Waals surface area contributed by atoms with Gasteiger partial charge in [0.05, 0.1) is 17.6 Å². The molecule has 7 nitrogen and oxygen atoms in total. The summed E-state index contributed by atoms with van der Waals surface area (Å²) in [4.78, 5) is 6.98. The molecule has 0 bridgehead atoms. The highest BCUT2D eigenvalue weighted by Crippen LogP contribution is 2.31. The number of aromatic amines is 1. The van der Waals surface area contributed by atoms with E-state index in [1.807, 2.05) is 36.4 Å². The lowest BCUT2D eigenvalue weighted by atomic mass is 9.94. The quantitative estimate of drug-likeness (QED) is 0.624. The van der Waals surface area contributed by atoms with Crippen molar-refractivity contribution in [3.8, 4) is 5.75 Å². The molecular weight excluding hydrogens is 400 g/mol. The number of hydrogen-bond acceptors (Lipinski definition) is 6. The molecule has 0 spiro atoms. The molecule has 3 aromatic rings. The van der Waals surface area contributed by atoms with Crippen molar-refractivity contribution in [2.45, 2.75) is 36.8 Å². The average molecular weight is 427 g/mol. The van der Waals surface area contributed by atoms with Crippen molar-refractivity contribution in [2.75, 3.05) is 19.3 Å². The molecule has 1 N–H and O–H groups in total. The number of benzene rings is 1. The lowest BCUT2D eigenvalue weighted by Gasteiger charge is -2.33. The third kappa shape index (κ3) is 4.88. The number of ether oxygens (including phenoxy) is 1. The number of sulfone groups is 1. The Balaban J connectivity index is 1.45. The molecule has 1 aromatic carbocycles. The molecule has 0 saturated carbocycles. The van der Waals surface area contributed by atoms with Crippen molar-refractivity contribution in [2.24, 2.45) is 0 Å². The highest BCUT2D eigenvalue weighted by molar-refractivity contribution is 7.90. The molecule has 158 valence electrons. The third-order valence-electron chi connectivity index (χ3n) is 5.41. The van der Waals surface area contributed by atoms with Crippen LogP contribution in [0.3, 0.4) is 0 Å². The fourth-order valence-electron chi connectivity index (χ4n) is 3.96. The molecule has 4 rings (SSSR count). The number of H-pyrrole nitrogens is 1. The smallest absolute Gasteiger partial charge is 0.178 e. The van der Waals surface area contributed by atoms with Gasteiger partial charge in [-0.1, -0.05) is 24.3 Å². The summed E-state index contributed by atoms with van der Waals surface area (Å²) in [5, 5.41) is 6.92. The number of nitrogens with one attached hydrogen (secondary N) is 1. The topological polar surface area (TPSA) is 88.2 Å². The Morgan fingerprint density at radius 3 is 2.83 bits per heavy atom. The van der Waals surface area contributed by atoms with E-state index in [0.717, 1.165) is 55.2 Å². The summed E-state index contributed by atoms with van der Waals surface area (Å²) in [7, 11) is -3.29. The van der Waals surface area contributed by atoms with Crippen LogP contribution in [-0.4, -0.2) is 47.8 Å². The van der Waals surface area contributed by atoms with Gasteiger partial charge in [0.25, 0.3) is 0 Å². The van der Waals surface area contributed by atoms with E-state index in [1.165, 1.54) is 12.5 Å². The second-order valence-electron chi connectivity index (χ2n) is 7.71. The van der Waals surface area contributed by atoms with Crippen molar-refractivity contribution in [1.29, 1.82) is 0 Å². The predicted molar refractivity (Wildman–Crippen MR) is 114 cm³/mol. The highest BCUT2D eigenvalue weighted by atomic mass is 32.2. The Labute approximate surface area is 177 Å². The van der Waals surface area contributed by atoms with Gasteiger partial charge in [-0.2, -0.15) is 5.10 Å². The molecule has 30 heavy (non-hydrogen) atoms. The van der Waals surface area contributed by atoms with Gasteiger partial charge in [0.15, 0.2) is 9.84 Å². The van der Waals surface area contributed by atoms with Crippen LogP contribution >= 0.6 is 0 Å². The molecule has 0 aliphatic carbocycles.